The van der Waals surface area contributed by atoms with Gasteiger partial charge in [0.1, 0.15) is 11.5 Å². The molecular formula is C24H37N5O3. The maximum absolute atomic E-state index is 13.3. The molecule has 1 aliphatic carbocycles. The lowest BCUT2D eigenvalue weighted by atomic mass is 9.63. The third kappa shape index (κ3) is 3.92. The van der Waals surface area contributed by atoms with Gasteiger partial charge in [0.15, 0.2) is 11.7 Å². The molecule has 1 atom stereocenters. The molecule has 3 aliphatic rings. The maximum atomic E-state index is 13.3. The lowest BCUT2D eigenvalue weighted by molar-refractivity contribution is -0.137. The van der Waals surface area contributed by atoms with Gasteiger partial charge in [0.25, 0.3) is 0 Å². The first-order valence-corrected chi connectivity index (χ1v) is 12.1. The van der Waals surface area contributed by atoms with Crippen LogP contribution < -0.4 is 4.90 Å². The van der Waals surface area contributed by atoms with E-state index >= 15 is 0 Å². The summed E-state index contributed by atoms with van der Waals surface area (Å²) in [7, 11) is 0. The Hall–Kier alpha value is -2.38. The average Bonchev–Trinajstić information content (AvgIpc) is 3.38. The number of imidazole rings is 1. The van der Waals surface area contributed by atoms with Gasteiger partial charge < -0.3 is 10.1 Å². The molecule has 0 spiro atoms. The SMILES string of the molecule is CCCN1C(=O)N2C[C@@H](C(C)C)N=C2c2[nH]c(C3(C)CCC(C)(CCC(=O)O)CC3)nc21. The van der Waals surface area contributed by atoms with E-state index in [1.807, 2.05) is 4.90 Å². The fourth-order valence-corrected chi connectivity index (χ4v) is 5.23. The number of carboxylic acid groups (broad SMARTS) is 1. The lowest BCUT2D eigenvalue weighted by Crippen LogP contribution is -2.50. The van der Waals surface area contributed by atoms with Gasteiger partial charge in [-0.1, -0.05) is 34.6 Å². The van der Waals surface area contributed by atoms with E-state index in [4.69, 9.17) is 15.1 Å². The number of aromatic nitrogens is 2. The second-order valence-electron chi connectivity index (χ2n) is 10.9. The fraction of sp³-hybridized carbons (Fsp3) is 0.750. The fourth-order valence-electron chi connectivity index (χ4n) is 5.23. The zero-order valence-electron chi connectivity index (χ0n) is 20.1. The first-order chi connectivity index (χ1) is 15.1. The second kappa shape index (κ2) is 8.19. The van der Waals surface area contributed by atoms with E-state index in [9.17, 15) is 9.59 Å². The highest BCUT2D eigenvalue weighted by Gasteiger charge is 2.46. The third-order valence-corrected chi connectivity index (χ3v) is 7.83. The Balaban J connectivity index is 1.63. The summed E-state index contributed by atoms with van der Waals surface area (Å²) in [4.78, 5) is 41.4. The molecule has 176 valence electrons. The number of carboxylic acids is 1. The minimum absolute atomic E-state index is 0.0191. The summed E-state index contributed by atoms with van der Waals surface area (Å²) in [5.74, 6) is 2.02. The van der Waals surface area contributed by atoms with Crippen molar-refractivity contribution in [2.24, 2.45) is 16.3 Å². The van der Waals surface area contributed by atoms with Crippen LogP contribution in [0.4, 0.5) is 10.6 Å². The number of fused-ring (bicyclic) bond motifs is 3. The van der Waals surface area contributed by atoms with Crippen molar-refractivity contribution < 1.29 is 14.7 Å². The molecule has 1 fully saturated rings. The molecule has 2 N–H and O–H groups in total. The number of nitrogens with zero attached hydrogens (tertiary/aromatic N) is 4. The van der Waals surface area contributed by atoms with Crippen LogP contribution in [0.1, 0.15) is 91.1 Å². The molecule has 1 aromatic rings. The second-order valence-corrected chi connectivity index (χ2v) is 10.9. The summed E-state index contributed by atoms with van der Waals surface area (Å²) in [5, 5.41) is 9.09. The number of hydrogen-bond donors (Lipinski definition) is 2. The van der Waals surface area contributed by atoms with Crippen LogP contribution in [0.2, 0.25) is 0 Å². The molecule has 0 bridgehead atoms. The van der Waals surface area contributed by atoms with Gasteiger partial charge in [-0.15, -0.1) is 0 Å². The summed E-state index contributed by atoms with van der Waals surface area (Å²) < 4.78 is 0. The van der Waals surface area contributed by atoms with Gasteiger partial charge in [-0.2, -0.15) is 0 Å². The number of aromatic amines is 1. The van der Waals surface area contributed by atoms with E-state index in [-0.39, 0.29) is 29.3 Å². The van der Waals surface area contributed by atoms with Gasteiger partial charge in [-0.05, 0) is 49.9 Å². The van der Waals surface area contributed by atoms with Crippen LogP contribution in [0.3, 0.4) is 0 Å². The van der Waals surface area contributed by atoms with E-state index in [1.165, 1.54) is 0 Å². The van der Waals surface area contributed by atoms with Gasteiger partial charge in [0.2, 0.25) is 0 Å². The topological polar surface area (TPSA) is 102 Å². The molecule has 0 unspecified atom stereocenters. The van der Waals surface area contributed by atoms with Crippen molar-refractivity contribution in [3.05, 3.63) is 11.5 Å². The van der Waals surface area contributed by atoms with E-state index in [0.29, 0.717) is 31.2 Å². The molecule has 1 aromatic heterocycles. The molecule has 0 aromatic carbocycles. The van der Waals surface area contributed by atoms with Crippen molar-refractivity contribution in [1.82, 2.24) is 14.9 Å². The van der Waals surface area contributed by atoms with Gasteiger partial charge in [-0.3, -0.25) is 19.6 Å². The molecule has 1 saturated carbocycles. The monoisotopic (exact) mass is 443 g/mol. The van der Waals surface area contributed by atoms with Crippen molar-refractivity contribution in [3.8, 4) is 0 Å². The summed E-state index contributed by atoms with van der Waals surface area (Å²) in [6.45, 7) is 12.1. The molecule has 8 heteroatoms. The minimum atomic E-state index is -0.722. The molecule has 8 nitrogen and oxygen atoms in total. The molecule has 0 saturated heterocycles. The first kappa shape index (κ1) is 22.8. The van der Waals surface area contributed by atoms with E-state index < -0.39 is 5.97 Å². The molecule has 0 radical (unpaired) electrons. The van der Waals surface area contributed by atoms with Crippen molar-refractivity contribution in [3.63, 3.8) is 0 Å². The molecule has 32 heavy (non-hydrogen) atoms. The Bertz CT molecular complexity index is 926. The number of amides is 2. The average molecular weight is 444 g/mol. The molecule has 2 aliphatic heterocycles. The highest BCUT2D eigenvalue weighted by Crippen LogP contribution is 2.49. The quantitative estimate of drug-likeness (QED) is 0.645. The number of hydrogen-bond acceptors (Lipinski definition) is 4. The molecule has 3 heterocycles. The van der Waals surface area contributed by atoms with Gasteiger partial charge in [-0.25, -0.2) is 9.78 Å². The Labute approximate surface area is 190 Å². The number of H-pyrrole nitrogens is 1. The van der Waals surface area contributed by atoms with Crippen LogP contribution in [-0.4, -0.2) is 56.9 Å². The summed E-state index contributed by atoms with van der Waals surface area (Å²) >= 11 is 0. The van der Waals surface area contributed by atoms with Crippen molar-refractivity contribution in [1.29, 1.82) is 0 Å². The van der Waals surface area contributed by atoms with Crippen LogP contribution in [0.15, 0.2) is 4.99 Å². The Morgan fingerprint density at radius 3 is 2.53 bits per heavy atom. The number of urea groups is 1. The van der Waals surface area contributed by atoms with E-state index in [1.54, 1.807) is 4.90 Å². The highest BCUT2D eigenvalue weighted by atomic mass is 16.4. The third-order valence-electron chi connectivity index (χ3n) is 7.83. The normalized spacial score (nSPS) is 29.9. The minimum Gasteiger partial charge on any atom is -0.481 e. The van der Waals surface area contributed by atoms with Crippen molar-refractivity contribution >= 4 is 23.7 Å². The highest BCUT2D eigenvalue weighted by molar-refractivity contribution is 6.18. The Kier molecular flexibility index (Phi) is 5.84. The predicted molar refractivity (Wildman–Crippen MR) is 124 cm³/mol. The van der Waals surface area contributed by atoms with Crippen LogP contribution >= 0.6 is 0 Å². The number of carbonyl (C=O) groups excluding carboxylic acids is 1. The Morgan fingerprint density at radius 2 is 1.94 bits per heavy atom. The predicted octanol–water partition coefficient (Wildman–Crippen LogP) is 4.55. The zero-order chi connectivity index (χ0) is 23.3. The number of nitrogens with one attached hydrogen (secondary N) is 1. The van der Waals surface area contributed by atoms with Crippen molar-refractivity contribution in [2.45, 2.75) is 91.0 Å². The summed E-state index contributed by atoms with van der Waals surface area (Å²) in [5.41, 5.74) is 0.810. The number of aliphatic imine (C=N–C) groups is 1. The maximum Gasteiger partial charge on any atom is 0.331 e. The van der Waals surface area contributed by atoms with Crippen LogP contribution in [-0.2, 0) is 10.2 Å². The molecule has 2 amide bonds. The van der Waals surface area contributed by atoms with Crippen LogP contribution in [0.5, 0.6) is 0 Å². The van der Waals surface area contributed by atoms with E-state index in [2.05, 4.69) is 39.6 Å². The number of amidine groups is 1. The lowest BCUT2D eigenvalue weighted by Gasteiger charge is -2.42. The molecular weight excluding hydrogens is 406 g/mol. The summed E-state index contributed by atoms with van der Waals surface area (Å²) in [6, 6.07) is 0.0877. The zero-order valence-corrected chi connectivity index (χ0v) is 20.1. The number of rotatable bonds is 7. The van der Waals surface area contributed by atoms with Crippen molar-refractivity contribution in [2.75, 3.05) is 18.0 Å². The van der Waals surface area contributed by atoms with Gasteiger partial charge in [0.05, 0.1) is 12.6 Å². The first-order valence-electron chi connectivity index (χ1n) is 12.1. The standard InChI is InChI=1S/C24H37N5O3/c1-6-13-28-20-18(19-25-16(15(2)3)14-29(19)22(28)32)26-21(27-20)24(5)11-9-23(4,10-12-24)8-7-17(30)31/h15-16H,6-14H2,1-5H3,(H,26,27)(H,30,31)/t16-,23?,24?/m0/s1. The van der Waals surface area contributed by atoms with Gasteiger partial charge in [0, 0.05) is 18.4 Å². The number of anilines is 1. The molecule has 4 rings (SSSR count). The smallest absolute Gasteiger partial charge is 0.331 e. The van der Waals surface area contributed by atoms with Crippen LogP contribution in [0.25, 0.3) is 0 Å². The Morgan fingerprint density at radius 1 is 1.25 bits per heavy atom. The van der Waals surface area contributed by atoms with E-state index in [0.717, 1.165) is 49.5 Å². The number of carbonyl (C=O) groups is 2. The van der Waals surface area contributed by atoms with Gasteiger partial charge >= 0.3 is 12.0 Å². The van der Waals surface area contributed by atoms with Crippen LogP contribution in [0, 0.1) is 11.3 Å². The summed E-state index contributed by atoms with van der Waals surface area (Å²) in [6.07, 6.45) is 5.65. The largest absolute Gasteiger partial charge is 0.481 e. The number of aliphatic carboxylic acids is 1.